The molecule has 2 amide bonds. The summed E-state index contributed by atoms with van der Waals surface area (Å²) in [4.78, 5) is 22.9. The van der Waals surface area contributed by atoms with Crippen molar-refractivity contribution in [1.82, 2.24) is 30.0 Å². The first-order chi connectivity index (χ1) is 15.9. The Kier molecular flexibility index (Phi) is 6.28. The van der Waals surface area contributed by atoms with Crippen LogP contribution in [0.15, 0.2) is 24.7 Å². The van der Waals surface area contributed by atoms with Crippen molar-refractivity contribution in [3.8, 4) is 0 Å². The molecular weight excluding hydrogens is 451 g/mol. The summed E-state index contributed by atoms with van der Waals surface area (Å²) in [5, 5.41) is 19.3. The van der Waals surface area contributed by atoms with E-state index in [1.165, 1.54) is 4.90 Å². The van der Waals surface area contributed by atoms with E-state index >= 15 is 0 Å². The minimum Gasteiger partial charge on any atom is -0.389 e. The van der Waals surface area contributed by atoms with Crippen molar-refractivity contribution in [3.05, 3.63) is 35.9 Å². The molecule has 1 saturated heterocycles. The second-order valence-electron chi connectivity index (χ2n) is 9.46. The molecule has 9 nitrogen and oxygen atoms in total. The first kappa shape index (κ1) is 24.0. The second-order valence-corrected chi connectivity index (χ2v) is 9.46. The number of nitrogens with one attached hydrogen (secondary N) is 2. The summed E-state index contributed by atoms with van der Waals surface area (Å²) in [6.45, 7) is 4.28. The third kappa shape index (κ3) is 5.66. The Balaban J connectivity index is 1.49. The molecule has 2 bridgehead atoms. The van der Waals surface area contributed by atoms with E-state index in [-0.39, 0.29) is 12.1 Å². The van der Waals surface area contributed by atoms with Gasteiger partial charge in [-0.2, -0.15) is 18.3 Å². The zero-order valence-corrected chi connectivity index (χ0v) is 19.2. The standard InChI is InChI=1S/C22H28F3N7O2/c1-13-8-26-19(29-15-9-28-31(10-15)12-21(2,3)34)30-18(13)14-6-16-4-5-17(7-14)32(16)20(33)27-11-22(23,24)25/h6,8-10,16-17,34H,4-5,7,11-12H2,1-3H3,(H,27,33)(H,26,29,30)/t16-,17+/m1/s1. The van der Waals surface area contributed by atoms with Crippen molar-refractivity contribution in [1.29, 1.82) is 0 Å². The van der Waals surface area contributed by atoms with Crippen LogP contribution in [-0.4, -0.2) is 66.2 Å². The predicted molar refractivity (Wildman–Crippen MR) is 119 cm³/mol. The van der Waals surface area contributed by atoms with E-state index in [1.807, 2.05) is 18.3 Å². The number of amides is 2. The van der Waals surface area contributed by atoms with Gasteiger partial charge in [-0.1, -0.05) is 6.08 Å². The number of halogens is 3. The van der Waals surface area contributed by atoms with Gasteiger partial charge < -0.3 is 20.6 Å². The summed E-state index contributed by atoms with van der Waals surface area (Å²) in [6, 6.07) is -1.14. The van der Waals surface area contributed by atoms with Gasteiger partial charge in [-0.15, -0.1) is 0 Å². The molecule has 2 aliphatic heterocycles. The highest BCUT2D eigenvalue weighted by Crippen LogP contribution is 2.39. The Morgan fingerprint density at radius 2 is 2.03 bits per heavy atom. The van der Waals surface area contributed by atoms with E-state index in [4.69, 9.17) is 0 Å². The van der Waals surface area contributed by atoms with Crippen LogP contribution in [0.4, 0.5) is 29.6 Å². The highest BCUT2D eigenvalue weighted by atomic mass is 19.4. The van der Waals surface area contributed by atoms with Gasteiger partial charge in [0.2, 0.25) is 5.95 Å². The van der Waals surface area contributed by atoms with E-state index in [0.717, 1.165) is 23.3 Å². The lowest BCUT2D eigenvalue weighted by atomic mass is 9.96. The summed E-state index contributed by atoms with van der Waals surface area (Å²) in [5.41, 5.74) is 2.33. The molecule has 0 unspecified atom stereocenters. The summed E-state index contributed by atoms with van der Waals surface area (Å²) >= 11 is 0. The van der Waals surface area contributed by atoms with Crippen LogP contribution in [0.5, 0.6) is 0 Å². The van der Waals surface area contributed by atoms with Gasteiger partial charge in [0.15, 0.2) is 0 Å². The van der Waals surface area contributed by atoms with Gasteiger partial charge in [-0.25, -0.2) is 14.8 Å². The largest absolute Gasteiger partial charge is 0.405 e. The van der Waals surface area contributed by atoms with Gasteiger partial charge >= 0.3 is 12.2 Å². The molecule has 0 radical (unpaired) electrons. The summed E-state index contributed by atoms with van der Waals surface area (Å²) in [7, 11) is 0. The van der Waals surface area contributed by atoms with Crippen molar-refractivity contribution in [2.45, 2.75) is 70.4 Å². The highest BCUT2D eigenvalue weighted by Gasteiger charge is 2.41. The Bertz CT molecular complexity index is 1090. The quantitative estimate of drug-likeness (QED) is 0.586. The van der Waals surface area contributed by atoms with Crippen molar-refractivity contribution in [2.24, 2.45) is 0 Å². The molecule has 184 valence electrons. The van der Waals surface area contributed by atoms with Crippen LogP contribution < -0.4 is 10.6 Å². The Morgan fingerprint density at radius 1 is 1.26 bits per heavy atom. The van der Waals surface area contributed by atoms with Crippen molar-refractivity contribution >= 4 is 23.2 Å². The Hall–Kier alpha value is -3.15. The zero-order chi connectivity index (χ0) is 24.7. The van der Waals surface area contributed by atoms with Gasteiger partial charge in [0.05, 0.1) is 35.8 Å². The number of hydrogen-bond acceptors (Lipinski definition) is 6. The molecule has 34 heavy (non-hydrogen) atoms. The molecule has 0 spiro atoms. The van der Waals surface area contributed by atoms with Crippen LogP contribution in [0.25, 0.3) is 5.57 Å². The SMILES string of the molecule is Cc1cnc(Nc2cnn(CC(C)(C)O)c2)nc1C1=C[C@H]2CC[C@@H](C1)N2C(=O)NCC(F)(F)F. The first-order valence-electron chi connectivity index (χ1n) is 11.1. The van der Waals surface area contributed by atoms with E-state index < -0.39 is 24.4 Å². The van der Waals surface area contributed by atoms with Crippen LogP contribution >= 0.6 is 0 Å². The van der Waals surface area contributed by atoms with Crippen LogP contribution in [0, 0.1) is 6.92 Å². The monoisotopic (exact) mass is 479 g/mol. The number of urea groups is 1. The molecular formula is C22H28F3N7O2. The molecule has 0 aliphatic carbocycles. The van der Waals surface area contributed by atoms with Crippen LogP contribution in [0.3, 0.4) is 0 Å². The molecule has 0 saturated carbocycles. The maximum atomic E-state index is 12.5. The number of nitrogens with zero attached hydrogens (tertiary/aromatic N) is 5. The normalized spacial score (nSPS) is 20.3. The van der Waals surface area contributed by atoms with E-state index in [9.17, 15) is 23.1 Å². The van der Waals surface area contributed by atoms with E-state index in [2.05, 4.69) is 20.4 Å². The number of aryl methyl sites for hydroxylation is 1. The fourth-order valence-electron chi connectivity index (χ4n) is 4.46. The van der Waals surface area contributed by atoms with Crippen molar-refractivity contribution < 1.29 is 23.1 Å². The summed E-state index contributed by atoms with van der Waals surface area (Å²) in [6.07, 6.45) is 4.48. The lowest BCUT2D eigenvalue weighted by Gasteiger charge is -2.34. The fraction of sp³-hybridized carbons (Fsp3) is 0.545. The van der Waals surface area contributed by atoms with Gasteiger partial charge in [0, 0.05) is 18.4 Å². The average molecular weight is 480 g/mol. The fourth-order valence-corrected chi connectivity index (χ4v) is 4.46. The second kappa shape index (κ2) is 8.90. The molecule has 3 N–H and O–H groups in total. The molecule has 2 aliphatic rings. The molecule has 0 aromatic carbocycles. The van der Waals surface area contributed by atoms with Gasteiger partial charge in [0.25, 0.3) is 0 Å². The molecule has 4 heterocycles. The number of aliphatic hydroxyl groups is 1. The Labute approximate surface area is 195 Å². The van der Waals surface area contributed by atoms with Gasteiger partial charge in [0.1, 0.15) is 6.54 Å². The first-order valence-corrected chi connectivity index (χ1v) is 11.1. The topological polar surface area (TPSA) is 108 Å². The number of fused-ring (bicyclic) bond motifs is 2. The minimum absolute atomic E-state index is 0.177. The van der Waals surface area contributed by atoms with E-state index in [0.29, 0.717) is 31.0 Å². The van der Waals surface area contributed by atoms with Crippen LogP contribution in [0.1, 0.15) is 44.4 Å². The molecule has 2 aromatic heterocycles. The van der Waals surface area contributed by atoms with Crippen molar-refractivity contribution in [2.75, 3.05) is 11.9 Å². The third-order valence-electron chi connectivity index (χ3n) is 5.78. The zero-order valence-electron chi connectivity index (χ0n) is 19.2. The van der Waals surface area contributed by atoms with Gasteiger partial charge in [-0.3, -0.25) is 4.68 Å². The number of anilines is 2. The van der Waals surface area contributed by atoms with Gasteiger partial charge in [-0.05, 0) is 51.2 Å². The predicted octanol–water partition coefficient (Wildman–Crippen LogP) is 3.39. The molecule has 1 fully saturated rings. The Morgan fingerprint density at radius 3 is 2.71 bits per heavy atom. The molecule has 4 rings (SSSR count). The summed E-state index contributed by atoms with van der Waals surface area (Å²) in [5.74, 6) is 0.377. The maximum Gasteiger partial charge on any atom is 0.405 e. The van der Waals surface area contributed by atoms with Crippen LogP contribution in [-0.2, 0) is 6.54 Å². The number of hydrogen-bond donors (Lipinski definition) is 3. The maximum absolute atomic E-state index is 12.5. The summed E-state index contributed by atoms with van der Waals surface area (Å²) < 4.78 is 39.1. The average Bonchev–Trinajstić information content (AvgIpc) is 3.26. The number of rotatable bonds is 6. The molecule has 12 heteroatoms. The highest BCUT2D eigenvalue weighted by molar-refractivity contribution is 5.79. The lowest BCUT2D eigenvalue weighted by Crippen LogP contribution is -2.50. The number of aromatic nitrogens is 4. The number of alkyl halides is 3. The minimum atomic E-state index is -4.45. The third-order valence-corrected chi connectivity index (χ3v) is 5.78. The smallest absolute Gasteiger partial charge is 0.389 e. The molecule has 2 atom stereocenters. The number of carbonyl (C=O) groups excluding carboxylic acids is 1. The molecule has 2 aromatic rings. The lowest BCUT2D eigenvalue weighted by molar-refractivity contribution is -0.123. The van der Waals surface area contributed by atoms with Crippen LogP contribution in [0.2, 0.25) is 0 Å². The number of carbonyl (C=O) groups is 1. The van der Waals surface area contributed by atoms with Crippen molar-refractivity contribution in [3.63, 3.8) is 0 Å². The van der Waals surface area contributed by atoms with E-state index in [1.54, 1.807) is 37.1 Å².